The van der Waals surface area contributed by atoms with Crippen molar-refractivity contribution in [3.05, 3.63) is 98.5 Å². The summed E-state index contributed by atoms with van der Waals surface area (Å²) in [6.07, 6.45) is 2.47. The van der Waals surface area contributed by atoms with Crippen molar-refractivity contribution < 1.29 is 4.79 Å². The minimum absolute atomic E-state index is 0.0295. The van der Waals surface area contributed by atoms with Crippen LogP contribution in [-0.4, -0.2) is 20.1 Å². The van der Waals surface area contributed by atoms with Gasteiger partial charge in [-0.1, -0.05) is 47.5 Å². The van der Waals surface area contributed by atoms with Crippen LogP contribution in [0.4, 0.5) is 5.69 Å². The van der Waals surface area contributed by atoms with Crippen molar-refractivity contribution in [3.8, 4) is 0 Å². The van der Waals surface area contributed by atoms with Gasteiger partial charge in [0.15, 0.2) is 5.65 Å². The van der Waals surface area contributed by atoms with E-state index in [0.717, 1.165) is 17.5 Å². The third-order valence-corrected chi connectivity index (χ3v) is 6.25. The maximum absolute atomic E-state index is 12.7. The van der Waals surface area contributed by atoms with Crippen LogP contribution in [0.1, 0.15) is 23.5 Å². The van der Waals surface area contributed by atoms with Crippen LogP contribution >= 0.6 is 23.2 Å². The molecule has 8 heteroatoms. The van der Waals surface area contributed by atoms with Crippen molar-refractivity contribution >= 4 is 40.4 Å². The summed E-state index contributed by atoms with van der Waals surface area (Å²) < 4.78 is 2.92. The first-order chi connectivity index (χ1) is 15.0. The van der Waals surface area contributed by atoms with E-state index in [0.29, 0.717) is 27.9 Å². The monoisotopic (exact) mass is 452 g/mol. The lowest BCUT2D eigenvalue weighted by atomic mass is 10.1. The number of amides is 1. The Labute approximate surface area is 188 Å². The molecule has 6 nitrogen and oxygen atoms in total. The van der Waals surface area contributed by atoms with E-state index in [2.05, 4.69) is 10.4 Å². The number of carbonyl (C=O) groups is 1. The number of halogens is 2. The molecule has 0 spiro atoms. The third-order valence-electron chi connectivity index (χ3n) is 5.51. The lowest BCUT2D eigenvalue weighted by Gasteiger charge is -2.08. The Morgan fingerprint density at radius 2 is 1.94 bits per heavy atom. The number of pyridine rings is 1. The van der Waals surface area contributed by atoms with E-state index in [1.165, 1.54) is 9.08 Å². The summed E-state index contributed by atoms with van der Waals surface area (Å²) in [5.41, 5.74) is 2.99. The van der Waals surface area contributed by atoms with Crippen LogP contribution in [0.5, 0.6) is 0 Å². The molecule has 1 N–H and O–H groups in total. The first kappa shape index (κ1) is 19.8. The molecule has 1 fully saturated rings. The summed E-state index contributed by atoms with van der Waals surface area (Å²) in [5.74, 6) is 0.0228. The first-order valence-corrected chi connectivity index (χ1v) is 10.6. The molecular weight excluding hydrogens is 435 g/mol. The summed E-state index contributed by atoms with van der Waals surface area (Å²) in [6.45, 7) is 0.319. The van der Waals surface area contributed by atoms with Gasteiger partial charge >= 0.3 is 5.69 Å². The quantitative estimate of drug-likeness (QED) is 0.481. The highest BCUT2D eigenvalue weighted by atomic mass is 35.5. The molecule has 1 aliphatic carbocycles. The standard InChI is InChI=1S/C23H18Cl2N4O2/c24-19-8-7-15(11-20(19)25)17-12-18(17)22(30)26-16-5-3-4-14(10-16)13-29-23(31)28-9-2-1-6-21(28)27-29/h1-11,17-18H,12-13H2,(H,26,30). The van der Waals surface area contributed by atoms with E-state index >= 15 is 0 Å². The van der Waals surface area contributed by atoms with E-state index in [9.17, 15) is 9.59 Å². The fourth-order valence-electron chi connectivity index (χ4n) is 3.82. The Hall–Kier alpha value is -3.09. The van der Waals surface area contributed by atoms with Crippen LogP contribution in [0.25, 0.3) is 5.65 Å². The molecule has 1 saturated carbocycles. The van der Waals surface area contributed by atoms with Crippen LogP contribution in [0.2, 0.25) is 10.0 Å². The molecule has 0 saturated heterocycles. The number of fused-ring (bicyclic) bond motifs is 1. The zero-order valence-electron chi connectivity index (χ0n) is 16.3. The SMILES string of the molecule is O=C(Nc1cccc(Cn2nc3ccccn3c2=O)c1)C1CC1c1ccc(Cl)c(Cl)c1. The first-order valence-electron chi connectivity index (χ1n) is 9.88. The van der Waals surface area contributed by atoms with E-state index < -0.39 is 0 Å². The molecule has 4 aromatic rings. The van der Waals surface area contributed by atoms with Crippen LogP contribution in [0.3, 0.4) is 0 Å². The second-order valence-electron chi connectivity index (χ2n) is 7.68. The van der Waals surface area contributed by atoms with Gasteiger partial charge in [-0.15, -0.1) is 5.10 Å². The molecule has 2 heterocycles. The highest BCUT2D eigenvalue weighted by Crippen LogP contribution is 2.48. The molecule has 0 aliphatic heterocycles. The van der Waals surface area contributed by atoms with Crippen molar-refractivity contribution in [3.63, 3.8) is 0 Å². The molecule has 31 heavy (non-hydrogen) atoms. The molecule has 1 amide bonds. The number of anilines is 1. The van der Waals surface area contributed by atoms with Gasteiger partial charge in [-0.25, -0.2) is 9.48 Å². The highest BCUT2D eigenvalue weighted by molar-refractivity contribution is 6.42. The van der Waals surface area contributed by atoms with Gasteiger partial charge in [-0.2, -0.15) is 0 Å². The lowest BCUT2D eigenvalue weighted by Crippen LogP contribution is -2.21. The molecule has 1 aliphatic rings. The summed E-state index contributed by atoms with van der Waals surface area (Å²) in [4.78, 5) is 25.2. The van der Waals surface area contributed by atoms with Gasteiger partial charge in [-0.05, 0) is 59.9 Å². The van der Waals surface area contributed by atoms with Gasteiger partial charge in [0.05, 0.1) is 16.6 Å². The molecule has 0 radical (unpaired) electrons. The Bertz CT molecular complexity index is 1360. The number of hydrogen-bond acceptors (Lipinski definition) is 3. The number of benzene rings is 2. The Morgan fingerprint density at radius 3 is 2.74 bits per heavy atom. The van der Waals surface area contributed by atoms with Gasteiger partial charge in [-0.3, -0.25) is 9.20 Å². The van der Waals surface area contributed by atoms with Crippen molar-refractivity contribution in [2.45, 2.75) is 18.9 Å². The largest absolute Gasteiger partial charge is 0.350 e. The Balaban J connectivity index is 1.28. The second-order valence-corrected chi connectivity index (χ2v) is 8.50. The number of nitrogens with one attached hydrogen (secondary N) is 1. The number of rotatable bonds is 5. The van der Waals surface area contributed by atoms with Gasteiger partial charge < -0.3 is 5.32 Å². The van der Waals surface area contributed by atoms with Crippen LogP contribution in [0, 0.1) is 5.92 Å². The van der Waals surface area contributed by atoms with Crippen LogP contribution in [0.15, 0.2) is 71.7 Å². The van der Waals surface area contributed by atoms with Gasteiger partial charge in [0.2, 0.25) is 5.91 Å². The van der Waals surface area contributed by atoms with Crippen molar-refractivity contribution in [1.82, 2.24) is 14.2 Å². The zero-order chi connectivity index (χ0) is 21.5. The minimum atomic E-state index is -0.201. The average Bonchev–Trinajstić information content (AvgIpc) is 3.51. The van der Waals surface area contributed by atoms with Crippen LogP contribution in [-0.2, 0) is 11.3 Å². The fourth-order valence-corrected chi connectivity index (χ4v) is 4.13. The molecule has 0 bridgehead atoms. The minimum Gasteiger partial charge on any atom is -0.326 e. The number of aromatic nitrogens is 3. The molecule has 2 atom stereocenters. The molecule has 5 rings (SSSR count). The molecule has 2 aromatic carbocycles. The maximum atomic E-state index is 12.7. The van der Waals surface area contributed by atoms with E-state index in [-0.39, 0.29) is 23.4 Å². The predicted octanol–water partition coefficient (Wildman–Crippen LogP) is 4.59. The summed E-state index contributed by atoms with van der Waals surface area (Å²) in [5, 5.41) is 8.35. The van der Waals surface area contributed by atoms with Crippen molar-refractivity contribution in [2.75, 3.05) is 5.32 Å². The van der Waals surface area contributed by atoms with Gasteiger partial charge in [0.25, 0.3) is 0 Å². The van der Waals surface area contributed by atoms with Crippen molar-refractivity contribution in [1.29, 1.82) is 0 Å². The maximum Gasteiger partial charge on any atom is 0.350 e. The Kier molecular flexibility index (Phi) is 5.04. The van der Waals surface area contributed by atoms with Gasteiger partial charge in [0.1, 0.15) is 0 Å². The molecular formula is C23H18Cl2N4O2. The van der Waals surface area contributed by atoms with E-state index in [1.807, 2.05) is 42.5 Å². The van der Waals surface area contributed by atoms with Crippen molar-refractivity contribution in [2.24, 2.45) is 5.92 Å². The summed E-state index contributed by atoms with van der Waals surface area (Å²) >= 11 is 12.1. The number of nitrogens with zero attached hydrogens (tertiary/aromatic N) is 3. The lowest BCUT2D eigenvalue weighted by molar-refractivity contribution is -0.117. The predicted molar refractivity (Wildman–Crippen MR) is 121 cm³/mol. The smallest absolute Gasteiger partial charge is 0.326 e. The second kappa shape index (κ2) is 7.87. The van der Waals surface area contributed by atoms with Gasteiger partial charge in [0, 0.05) is 17.8 Å². The van der Waals surface area contributed by atoms with E-state index in [1.54, 1.807) is 24.4 Å². The normalized spacial score (nSPS) is 17.6. The third kappa shape index (κ3) is 3.96. The summed E-state index contributed by atoms with van der Waals surface area (Å²) in [6, 6.07) is 18.4. The molecule has 2 aromatic heterocycles. The van der Waals surface area contributed by atoms with E-state index in [4.69, 9.17) is 23.2 Å². The zero-order valence-corrected chi connectivity index (χ0v) is 17.8. The molecule has 156 valence electrons. The Morgan fingerprint density at radius 1 is 1.06 bits per heavy atom. The summed E-state index contributed by atoms with van der Waals surface area (Å²) in [7, 11) is 0. The fraction of sp³-hybridized carbons (Fsp3) is 0.174. The number of hydrogen-bond donors (Lipinski definition) is 1. The average molecular weight is 453 g/mol. The number of carbonyl (C=O) groups excluding carboxylic acids is 1. The highest BCUT2D eigenvalue weighted by Gasteiger charge is 2.44. The van der Waals surface area contributed by atoms with Crippen LogP contribution < -0.4 is 11.0 Å². The molecule has 2 unspecified atom stereocenters. The topological polar surface area (TPSA) is 68.4 Å².